The first-order chi connectivity index (χ1) is 6.88. The second kappa shape index (κ2) is 3.79. The van der Waals surface area contributed by atoms with Crippen molar-refractivity contribution in [1.82, 2.24) is 9.97 Å². The highest BCUT2D eigenvalue weighted by Gasteiger charge is 2.11. The van der Waals surface area contributed by atoms with E-state index in [4.69, 9.17) is 5.41 Å². The fourth-order valence-corrected chi connectivity index (χ4v) is 1.18. The van der Waals surface area contributed by atoms with Crippen LogP contribution in [0.25, 0.3) is 0 Å². The molecule has 2 aromatic heterocycles. The highest BCUT2D eigenvalue weighted by Crippen LogP contribution is 2.00. The van der Waals surface area contributed by atoms with Crippen LogP contribution in [0.5, 0.6) is 0 Å². The topological polar surface area (TPSA) is 51.4 Å². The van der Waals surface area contributed by atoms with Crippen molar-refractivity contribution < 1.29 is 5.41 Å². The third-order valence-corrected chi connectivity index (χ3v) is 1.88. The Kier molecular flexibility index (Phi) is 2.32. The number of nitrogens with zero attached hydrogens (tertiary/aromatic N) is 2. The van der Waals surface area contributed by atoms with E-state index in [1.807, 2.05) is 36.4 Å². The first-order valence-electron chi connectivity index (χ1n) is 4.33. The highest BCUT2D eigenvalue weighted by atomic mass is 14.7. The van der Waals surface area contributed by atoms with Gasteiger partial charge in [-0.1, -0.05) is 12.1 Å². The van der Waals surface area contributed by atoms with E-state index in [0.29, 0.717) is 5.71 Å². The summed E-state index contributed by atoms with van der Waals surface area (Å²) in [5.74, 6) is 0. The molecular weight excluding hydrogens is 174 g/mol. The predicted octanol–water partition coefficient (Wildman–Crippen LogP) is 0.0731. The molecule has 0 atom stereocenters. The summed E-state index contributed by atoms with van der Waals surface area (Å²) in [5, 5.41) is 5.91. The van der Waals surface area contributed by atoms with Gasteiger partial charge in [-0.05, 0) is 24.3 Å². The Hall–Kier alpha value is -2.03. The molecule has 0 unspecified atom stereocenters. The summed E-state index contributed by atoms with van der Waals surface area (Å²) in [6, 6.07) is 11.2. The largest absolute Gasteiger partial charge is 0.251 e. The fourth-order valence-electron chi connectivity index (χ4n) is 1.18. The number of nitrogens with two attached hydrogens (primary N) is 1. The van der Waals surface area contributed by atoms with Crippen molar-refractivity contribution in [3.05, 3.63) is 60.2 Å². The molecular formula is C11H10N3+. The number of hydrogen-bond acceptors (Lipinski definition) is 2. The average molecular weight is 184 g/mol. The van der Waals surface area contributed by atoms with E-state index in [0.717, 1.165) is 11.4 Å². The second-order valence-electron chi connectivity index (χ2n) is 2.84. The molecule has 0 radical (unpaired) electrons. The Morgan fingerprint density at radius 2 is 1.36 bits per heavy atom. The van der Waals surface area contributed by atoms with Crippen LogP contribution >= 0.6 is 0 Å². The summed E-state index contributed by atoms with van der Waals surface area (Å²) in [6.07, 6.45) is 3.43. The summed E-state index contributed by atoms with van der Waals surface area (Å²) in [4.78, 5) is 8.31. The van der Waals surface area contributed by atoms with E-state index in [1.165, 1.54) is 0 Å². The minimum atomic E-state index is 0.603. The molecule has 2 N–H and O–H groups in total. The van der Waals surface area contributed by atoms with Gasteiger partial charge in [0.15, 0.2) is 0 Å². The van der Waals surface area contributed by atoms with Gasteiger partial charge >= 0.3 is 0 Å². The Morgan fingerprint density at radius 1 is 0.857 bits per heavy atom. The molecule has 2 aromatic rings. The maximum Gasteiger partial charge on any atom is 0.248 e. The van der Waals surface area contributed by atoms with E-state index < -0.39 is 0 Å². The van der Waals surface area contributed by atoms with E-state index in [1.54, 1.807) is 12.4 Å². The van der Waals surface area contributed by atoms with E-state index in [9.17, 15) is 0 Å². The van der Waals surface area contributed by atoms with Crippen LogP contribution < -0.4 is 5.41 Å². The SMILES string of the molecule is [NH2+]=C(c1ccccn1)c1ccccn1. The van der Waals surface area contributed by atoms with Gasteiger partial charge in [-0.25, -0.2) is 9.97 Å². The minimum absolute atomic E-state index is 0.603. The van der Waals surface area contributed by atoms with Crippen LogP contribution in [0, 0.1) is 0 Å². The lowest BCUT2D eigenvalue weighted by Crippen LogP contribution is -2.42. The highest BCUT2D eigenvalue weighted by molar-refractivity contribution is 6.05. The van der Waals surface area contributed by atoms with Crippen molar-refractivity contribution in [1.29, 1.82) is 0 Å². The summed E-state index contributed by atoms with van der Waals surface area (Å²) >= 11 is 0. The van der Waals surface area contributed by atoms with Crippen molar-refractivity contribution in [2.45, 2.75) is 0 Å². The van der Waals surface area contributed by atoms with Crippen LogP contribution in [-0.4, -0.2) is 15.7 Å². The smallest absolute Gasteiger partial charge is 0.248 e. The molecule has 0 aromatic carbocycles. The Bertz CT molecular complexity index is 381. The molecule has 0 saturated carbocycles. The van der Waals surface area contributed by atoms with Gasteiger partial charge in [-0.2, -0.15) is 0 Å². The molecule has 14 heavy (non-hydrogen) atoms. The van der Waals surface area contributed by atoms with Crippen molar-refractivity contribution in [3.8, 4) is 0 Å². The molecule has 0 aliphatic rings. The van der Waals surface area contributed by atoms with Crippen molar-refractivity contribution >= 4 is 5.71 Å². The zero-order chi connectivity index (χ0) is 9.80. The zero-order valence-electron chi connectivity index (χ0n) is 7.59. The normalized spacial score (nSPS) is 9.71. The van der Waals surface area contributed by atoms with Crippen LogP contribution in [-0.2, 0) is 0 Å². The molecule has 2 heterocycles. The van der Waals surface area contributed by atoms with Gasteiger partial charge in [0.1, 0.15) is 11.4 Å². The van der Waals surface area contributed by atoms with Gasteiger partial charge in [0, 0.05) is 12.4 Å². The fraction of sp³-hybridized carbons (Fsp3) is 0. The standard InChI is InChI=1S/C11H9N3/c12-11(9-5-1-3-7-13-9)10-6-2-4-8-14-10/h1-8,12H/p+1. The summed E-state index contributed by atoms with van der Waals surface area (Å²) in [6.45, 7) is 0. The summed E-state index contributed by atoms with van der Waals surface area (Å²) in [7, 11) is 0. The van der Waals surface area contributed by atoms with Gasteiger partial charge < -0.3 is 0 Å². The molecule has 3 nitrogen and oxygen atoms in total. The maximum absolute atomic E-state index is 5.91. The summed E-state index contributed by atoms with van der Waals surface area (Å²) in [5.41, 5.74) is 2.11. The van der Waals surface area contributed by atoms with E-state index in [2.05, 4.69) is 9.97 Å². The third kappa shape index (κ3) is 1.66. The van der Waals surface area contributed by atoms with Crippen molar-refractivity contribution in [2.75, 3.05) is 0 Å². The lowest BCUT2D eigenvalue weighted by molar-refractivity contribution is -0.112. The Labute approximate surface area is 82.0 Å². The van der Waals surface area contributed by atoms with Gasteiger partial charge in [0.25, 0.3) is 0 Å². The maximum atomic E-state index is 5.91. The van der Waals surface area contributed by atoms with E-state index >= 15 is 0 Å². The Morgan fingerprint density at radius 3 is 1.71 bits per heavy atom. The quantitative estimate of drug-likeness (QED) is 0.672. The van der Waals surface area contributed by atoms with Gasteiger partial charge in [0.05, 0.1) is 0 Å². The average Bonchev–Trinajstić information content (AvgIpc) is 2.30. The van der Waals surface area contributed by atoms with Gasteiger partial charge in [-0.15, -0.1) is 0 Å². The molecule has 0 aliphatic heterocycles. The van der Waals surface area contributed by atoms with Crippen molar-refractivity contribution in [3.63, 3.8) is 0 Å². The van der Waals surface area contributed by atoms with Crippen LogP contribution in [0.15, 0.2) is 48.8 Å². The minimum Gasteiger partial charge on any atom is -0.251 e. The zero-order valence-corrected chi connectivity index (χ0v) is 7.59. The monoisotopic (exact) mass is 184 g/mol. The molecule has 0 aliphatic carbocycles. The number of rotatable bonds is 2. The number of pyridine rings is 2. The molecule has 0 saturated heterocycles. The lowest BCUT2D eigenvalue weighted by atomic mass is 10.1. The first-order valence-corrected chi connectivity index (χ1v) is 4.33. The number of aromatic nitrogens is 2. The molecule has 0 amide bonds. The third-order valence-electron chi connectivity index (χ3n) is 1.88. The number of hydrogen-bond donors (Lipinski definition) is 1. The molecule has 2 rings (SSSR count). The van der Waals surface area contributed by atoms with Gasteiger partial charge in [0.2, 0.25) is 5.71 Å². The predicted molar refractivity (Wildman–Crippen MR) is 53.6 cm³/mol. The molecule has 0 spiro atoms. The van der Waals surface area contributed by atoms with E-state index in [-0.39, 0.29) is 0 Å². The molecule has 0 fully saturated rings. The van der Waals surface area contributed by atoms with Crippen LogP contribution in [0.3, 0.4) is 0 Å². The Balaban J connectivity index is 2.35. The van der Waals surface area contributed by atoms with Crippen molar-refractivity contribution in [2.24, 2.45) is 0 Å². The molecule has 0 bridgehead atoms. The first kappa shape index (κ1) is 8.56. The van der Waals surface area contributed by atoms with Gasteiger partial charge in [-0.3, -0.25) is 5.41 Å². The lowest BCUT2D eigenvalue weighted by Gasteiger charge is -1.96. The molecule has 3 heteroatoms. The molecule has 68 valence electrons. The van der Waals surface area contributed by atoms with Crippen LogP contribution in [0.1, 0.15) is 11.4 Å². The summed E-state index contributed by atoms with van der Waals surface area (Å²) < 4.78 is 0. The van der Waals surface area contributed by atoms with Crippen LogP contribution in [0.4, 0.5) is 0 Å². The second-order valence-corrected chi connectivity index (χ2v) is 2.84. The van der Waals surface area contributed by atoms with Crippen LogP contribution in [0.2, 0.25) is 0 Å².